The first-order chi connectivity index (χ1) is 9.13. The third-order valence-electron chi connectivity index (χ3n) is 1.60. The molecule has 1 atom stereocenters. The minimum Gasteiger partial charge on any atom is -0.473 e. The second-order valence-corrected chi connectivity index (χ2v) is 3.84. The molecule has 0 saturated carbocycles. The molecule has 1 aromatic rings. The smallest absolute Gasteiger partial charge is 0.414 e. The van der Waals surface area contributed by atoms with Gasteiger partial charge in [0.1, 0.15) is 0 Å². The van der Waals surface area contributed by atoms with E-state index in [1.54, 1.807) is 0 Å². The second kappa shape index (κ2) is 8.68. The molecule has 0 bridgehead atoms. The van der Waals surface area contributed by atoms with Gasteiger partial charge in [0, 0.05) is 8.99 Å². The Balaban J connectivity index is 0.000000511. The lowest BCUT2D eigenvalue weighted by molar-refractivity contribution is -0.159. The zero-order valence-corrected chi connectivity index (χ0v) is 9.61. The van der Waals surface area contributed by atoms with Gasteiger partial charge in [-0.3, -0.25) is 0 Å². The molecular weight excluding hydrogens is 246 g/mol. The van der Waals surface area contributed by atoms with Gasteiger partial charge in [0.15, 0.2) is 0 Å². The van der Waals surface area contributed by atoms with Crippen molar-refractivity contribution in [1.29, 1.82) is 0 Å². The van der Waals surface area contributed by atoms with E-state index in [-0.39, 0.29) is 6.54 Å². The average Bonchev–Trinajstić information content (AvgIpc) is 2.81. The summed E-state index contributed by atoms with van der Waals surface area (Å²) in [6.45, 7) is -1.83. The summed E-state index contributed by atoms with van der Waals surface area (Å²) in [6, 6.07) is 3.70. The Morgan fingerprint density at radius 3 is 2.59 bits per heavy atom. The Hall–Kier alpha value is -1.44. The quantitative estimate of drug-likeness (QED) is 0.592. The van der Waals surface area contributed by atoms with Crippen LogP contribution in [0.4, 0.5) is 0 Å². The number of aliphatic hydroxyl groups excluding tert-OH is 1. The molecule has 0 radical (unpaired) electrons. The second-order valence-electron chi connectivity index (χ2n) is 2.86. The highest BCUT2D eigenvalue weighted by Gasteiger charge is 2.06. The van der Waals surface area contributed by atoms with E-state index in [0.29, 0.717) is 6.42 Å². The van der Waals surface area contributed by atoms with Crippen molar-refractivity contribution in [3.8, 4) is 0 Å². The molecule has 1 unspecified atom stereocenters. The van der Waals surface area contributed by atoms with Crippen molar-refractivity contribution >= 4 is 23.3 Å². The number of rotatable bonds is 4. The fraction of sp³-hybridized carbons (Fsp3) is 0.400. The van der Waals surface area contributed by atoms with E-state index < -0.39 is 25.0 Å². The molecule has 0 amide bonds. The van der Waals surface area contributed by atoms with E-state index in [4.69, 9.17) is 23.9 Å². The number of carbonyl (C=O) groups is 2. The van der Waals surface area contributed by atoms with Crippen LogP contribution in [0.25, 0.3) is 0 Å². The van der Waals surface area contributed by atoms with E-state index in [0.717, 1.165) is 4.88 Å². The average molecular weight is 264 g/mol. The van der Waals surface area contributed by atoms with Crippen molar-refractivity contribution in [3.63, 3.8) is 0 Å². The summed E-state index contributed by atoms with van der Waals surface area (Å²) in [5.41, 5.74) is 0. The number of hydrogen-bond acceptors (Lipinski definition) is 5. The number of carboxylic acids is 2. The van der Waals surface area contributed by atoms with Crippen LogP contribution in [0.1, 0.15) is 21.5 Å². The van der Waals surface area contributed by atoms with Crippen LogP contribution >= 0.6 is 11.3 Å². The third kappa shape index (κ3) is 7.45. The van der Waals surface area contributed by atoms with Crippen LogP contribution in [0.5, 0.6) is 0 Å². The molecule has 0 aliphatic rings. The highest BCUT2D eigenvalue weighted by Crippen LogP contribution is 2.20. The first-order valence-electron chi connectivity index (χ1n) is 6.06. The number of nitrogens with one attached hydrogen (secondary N) is 1. The molecule has 0 fully saturated rings. The standard InChI is InChI=1S/C8H13NOS.C2H2O4/c1-9-5-4-7(10)8-3-2-6-11-8;3-1(4)2(5)6/h2-3,6-7,9-10H,4-5H2,1H3;(H,3,4)(H,5,6)/i1D3;. The van der Waals surface area contributed by atoms with Gasteiger partial charge >= 0.3 is 11.9 Å². The van der Waals surface area contributed by atoms with E-state index >= 15 is 0 Å². The van der Waals surface area contributed by atoms with Crippen molar-refractivity contribution in [3.05, 3.63) is 22.4 Å². The maximum atomic E-state index is 9.59. The molecule has 1 rings (SSSR count). The van der Waals surface area contributed by atoms with Crippen LogP contribution in [-0.4, -0.2) is 40.8 Å². The maximum absolute atomic E-state index is 9.59. The molecule has 7 heteroatoms. The topological polar surface area (TPSA) is 107 Å². The SMILES string of the molecule is O=C(O)C(=O)O.[2H]C([2H])([2H])NCCC(O)c1cccs1. The number of thiophene rings is 1. The summed E-state index contributed by atoms with van der Waals surface area (Å²) < 4.78 is 20.7. The van der Waals surface area contributed by atoms with Crippen LogP contribution in [0.15, 0.2) is 17.5 Å². The van der Waals surface area contributed by atoms with E-state index in [1.807, 2.05) is 17.5 Å². The van der Waals surface area contributed by atoms with E-state index in [1.165, 1.54) is 11.3 Å². The van der Waals surface area contributed by atoms with Crippen LogP contribution in [0.2, 0.25) is 0 Å². The van der Waals surface area contributed by atoms with Gasteiger partial charge in [0.25, 0.3) is 0 Å². The molecule has 0 saturated heterocycles. The van der Waals surface area contributed by atoms with Gasteiger partial charge in [-0.15, -0.1) is 11.3 Å². The Bertz CT molecular complexity index is 409. The summed E-state index contributed by atoms with van der Waals surface area (Å²) in [7, 11) is 0. The normalized spacial score (nSPS) is 14.5. The number of carboxylic acid groups (broad SMARTS) is 2. The summed E-state index contributed by atoms with van der Waals surface area (Å²) in [6.07, 6.45) is -0.149. The van der Waals surface area contributed by atoms with Crippen LogP contribution in [0, 0.1) is 0 Å². The zero-order chi connectivity index (χ0) is 15.8. The van der Waals surface area contributed by atoms with Crippen LogP contribution in [-0.2, 0) is 9.59 Å². The van der Waals surface area contributed by atoms with Gasteiger partial charge in [-0.1, -0.05) is 6.07 Å². The fourth-order valence-corrected chi connectivity index (χ4v) is 1.58. The zero-order valence-electron chi connectivity index (χ0n) is 11.8. The lowest BCUT2D eigenvalue weighted by Crippen LogP contribution is -2.11. The maximum Gasteiger partial charge on any atom is 0.414 e. The molecule has 4 N–H and O–H groups in total. The lowest BCUT2D eigenvalue weighted by Gasteiger charge is -2.06. The molecule has 1 aromatic heterocycles. The Labute approximate surface area is 107 Å². The first-order valence-corrected chi connectivity index (χ1v) is 5.44. The predicted molar refractivity (Wildman–Crippen MR) is 63.1 cm³/mol. The van der Waals surface area contributed by atoms with E-state index in [2.05, 4.69) is 5.32 Å². The van der Waals surface area contributed by atoms with Gasteiger partial charge in [0.05, 0.1) is 6.10 Å². The summed E-state index contributed by atoms with van der Waals surface area (Å²) in [5, 5.41) is 28.6. The Kier molecular flexibility index (Phi) is 5.46. The van der Waals surface area contributed by atoms with Crippen molar-refractivity contribution in [2.75, 3.05) is 13.5 Å². The van der Waals surface area contributed by atoms with E-state index in [9.17, 15) is 5.11 Å². The van der Waals surface area contributed by atoms with Gasteiger partial charge in [0.2, 0.25) is 0 Å². The molecule has 17 heavy (non-hydrogen) atoms. The lowest BCUT2D eigenvalue weighted by atomic mass is 10.2. The Morgan fingerprint density at radius 1 is 1.53 bits per heavy atom. The van der Waals surface area contributed by atoms with Crippen molar-refractivity contribution in [1.82, 2.24) is 5.32 Å². The van der Waals surface area contributed by atoms with Crippen LogP contribution < -0.4 is 5.32 Å². The molecule has 6 nitrogen and oxygen atoms in total. The minimum atomic E-state index is -2.12. The molecule has 96 valence electrons. The Morgan fingerprint density at radius 2 is 2.18 bits per heavy atom. The van der Waals surface area contributed by atoms with Gasteiger partial charge in [-0.2, -0.15) is 0 Å². The highest BCUT2D eigenvalue weighted by molar-refractivity contribution is 7.10. The van der Waals surface area contributed by atoms with Gasteiger partial charge < -0.3 is 20.6 Å². The molecule has 1 heterocycles. The molecular formula is C10H15NO5S. The van der Waals surface area contributed by atoms with Crippen molar-refractivity contribution in [2.45, 2.75) is 12.5 Å². The molecule has 0 spiro atoms. The summed E-state index contributed by atoms with van der Waals surface area (Å²) in [4.78, 5) is 19.1. The third-order valence-corrected chi connectivity index (χ3v) is 2.57. The number of hydrogen-bond donors (Lipinski definition) is 4. The van der Waals surface area contributed by atoms with Crippen molar-refractivity contribution in [2.24, 2.45) is 0 Å². The molecule has 0 aliphatic heterocycles. The number of aliphatic carboxylic acids is 2. The fourth-order valence-electron chi connectivity index (χ4n) is 0.832. The first kappa shape index (κ1) is 10.7. The monoisotopic (exact) mass is 264 g/mol. The predicted octanol–water partition coefficient (Wildman–Crippen LogP) is 0.547. The largest absolute Gasteiger partial charge is 0.473 e. The summed E-state index contributed by atoms with van der Waals surface area (Å²) in [5.74, 6) is -3.65. The van der Waals surface area contributed by atoms with Crippen LogP contribution in [0.3, 0.4) is 0 Å². The van der Waals surface area contributed by atoms with Gasteiger partial charge in [-0.25, -0.2) is 9.59 Å². The molecule has 0 aliphatic carbocycles. The van der Waals surface area contributed by atoms with Crippen molar-refractivity contribution < 1.29 is 29.0 Å². The minimum absolute atomic E-state index is 0.287. The molecule has 0 aromatic carbocycles. The summed E-state index contributed by atoms with van der Waals surface area (Å²) >= 11 is 1.47. The van der Waals surface area contributed by atoms with Gasteiger partial charge in [-0.05, 0) is 31.4 Å². The highest BCUT2D eigenvalue weighted by atomic mass is 32.1. The number of aliphatic hydroxyl groups is 1.